The Kier molecular flexibility index (Phi) is 3.82. The first-order valence-corrected chi connectivity index (χ1v) is 4.38. The minimum Gasteiger partial charge on any atom is -0.373 e. The number of benzene rings is 1. The number of para-hydroxylation sites is 1. The number of anilines is 1. The third-order valence-electron chi connectivity index (χ3n) is 1.79. The fraction of sp³-hybridized carbons (Fsp3) is 0.200. The lowest BCUT2D eigenvalue weighted by Gasteiger charge is -2.07. The zero-order chi connectivity index (χ0) is 11.3. The predicted octanol–water partition coefficient (Wildman–Crippen LogP) is 0.604. The maximum absolute atomic E-state index is 11.0. The van der Waals surface area contributed by atoms with E-state index in [-0.39, 0.29) is 12.3 Å². The predicted molar refractivity (Wildman–Crippen MR) is 54.7 cm³/mol. The molecule has 0 unspecified atom stereocenters. The molecule has 0 aliphatic rings. The Morgan fingerprint density at radius 3 is 2.67 bits per heavy atom. The van der Waals surface area contributed by atoms with Crippen LogP contribution in [0.4, 0.5) is 5.69 Å². The second-order valence-corrected chi connectivity index (χ2v) is 3.00. The topological polar surface area (TPSA) is 81.4 Å². The van der Waals surface area contributed by atoms with E-state index in [1.165, 1.54) is 6.92 Å². The highest BCUT2D eigenvalue weighted by atomic mass is 16.7. The molecule has 5 nitrogen and oxygen atoms in total. The molecule has 0 fully saturated rings. The van der Waals surface area contributed by atoms with Crippen molar-refractivity contribution < 1.29 is 14.4 Å². The molecule has 0 bridgehead atoms. The van der Waals surface area contributed by atoms with Gasteiger partial charge in [0.05, 0.1) is 6.42 Å². The van der Waals surface area contributed by atoms with Crippen molar-refractivity contribution in [1.82, 2.24) is 0 Å². The Morgan fingerprint density at radius 1 is 1.40 bits per heavy atom. The normalized spacial score (nSPS) is 9.47. The summed E-state index contributed by atoms with van der Waals surface area (Å²) < 4.78 is 0. The molecule has 1 aromatic rings. The number of amides is 1. The van der Waals surface area contributed by atoms with E-state index in [0.717, 1.165) is 0 Å². The van der Waals surface area contributed by atoms with Crippen LogP contribution in [-0.4, -0.2) is 11.9 Å². The summed E-state index contributed by atoms with van der Waals surface area (Å²) in [5.74, 6) is 3.99. The van der Waals surface area contributed by atoms with Gasteiger partial charge in [-0.25, -0.2) is 0 Å². The summed E-state index contributed by atoms with van der Waals surface area (Å²) in [5, 5.41) is 2.62. The molecule has 0 saturated heterocycles. The molecule has 15 heavy (non-hydrogen) atoms. The summed E-state index contributed by atoms with van der Waals surface area (Å²) in [4.78, 5) is 25.9. The molecule has 0 saturated carbocycles. The molecule has 0 atom stereocenters. The average Bonchev–Trinajstić information content (AvgIpc) is 2.20. The number of carbonyl (C=O) groups is 2. The van der Waals surface area contributed by atoms with Gasteiger partial charge in [0, 0.05) is 12.6 Å². The minimum absolute atomic E-state index is 0.0347. The van der Waals surface area contributed by atoms with E-state index in [1.807, 2.05) is 0 Å². The maximum atomic E-state index is 11.0. The molecule has 1 amide bonds. The molecule has 1 aromatic carbocycles. The number of rotatable bonds is 3. The second-order valence-electron chi connectivity index (χ2n) is 3.00. The largest absolute Gasteiger partial charge is 0.373 e. The van der Waals surface area contributed by atoms with Gasteiger partial charge < -0.3 is 10.2 Å². The van der Waals surface area contributed by atoms with Crippen molar-refractivity contribution in [3.05, 3.63) is 29.8 Å². The summed E-state index contributed by atoms with van der Waals surface area (Å²) >= 11 is 0. The van der Waals surface area contributed by atoms with Crippen LogP contribution >= 0.6 is 0 Å². The Morgan fingerprint density at radius 2 is 2.07 bits per heavy atom. The molecular weight excluding hydrogens is 196 g/mol. The van der Waals surface area contributed by atoms with Gasteiger partial charge in [0.1, 0.15) is 0 Å². The van der Waals surface area contributed by atoms with Crippen molar-refractivity contribution in [2.45, 2.75) is 13.3 Å². The summed E-state index contributed by atoms with van der Waals surface area (Å²) in [7, 11) is 0. The molecule has 0 radical (unpaired) electrons. The average molecular weight is 208 g/mol. The third-order valence-corrected chi connectivity index (χ3v) is 1.79. The van der Waals surface area contributed by atoms with Crippen molar-refractivity contribution in [2.24, 2.45) is 5.90 Å². The molecule has 80 valence electrons. The van der Waals surface area contributed by atoms with Crippen molar-refractivity contribution >= 4 is 17.6 Å². The van der Waals surface area contributed by atoms with Gasteiger partial charge in [0.2, 0.25) is 5.91 Å². The van der Waals surface area contributed by atoms with Crippen molar-refractivity contribution in [1.29, 1.82) is 0 Å². The Labute approximate surface area is 87.2 Å². The van der Waals surface area contributed by atoms with Gasteiger partial charge in [-0.3, -0.25) is 9.59 Å². The number of nitrogens with two attached hydrogens (primary N) is 1. The fourth-order valence-corrected chi connectivity index (χ4v) is 1.18. The van der Waals surface area contributed by atoms with Crippen LogP contribution < -0.4 is 11.2 Å². The molecular formula is C10H12N2O3. The van der Waals surface area contributed by atoms with E-state index >= 15 is 0 Å². The van der Waals surface area contributed by atoms with Gasteiger partial charge in [0.15, 0.2) is 0 Å². The van der Waals surface area contributed by atoms with E-state index in [0.29, 0.717) is 11.3 Å². The highest BCUT2D eigenvalue weighted by Gasteiger charge is 2.08. The zero-order valence-electron chi connectivity index (χ0n) is 8.32. The molecule has 0 aromatic heterocycles. The quantitative estimate of drug-likeness (QED) is 0.713. The van der Waals surface area contributed by atoms with E-state index in [2.05, 4.69) is 10.2 Å². The minimum atomic E-state index is -0.548. The maximum Gasteiger partial charge on any atom is 0.328 e. The smallest absolute Gasteiger partial charge is 0.328 e. The monoisotopic (exact) mass is 208 g/mol. The van der Waals surface area contributed by atoms with Crippen LogP contribution in [0.25, 0.3) is 0 Å². The molecule has 5 heteroatoms. The Balaban J connectivity index is 2.85. The van der Waals surface area contributed by atoms with Gasteiger partial charge in [-0.2, -0.15) is 5.90 Å². The summed E-state index contributed by atoms with van der Waals surface area (Å²) in [6, 6.07) is 6.97. The van der Waals surface area contributed by atoms with E-state index in [1.54, 1.807) is 24.3 Å². The summed E-state index contributed by atoms with van der Waals surface area (Å²) in [6.07, 6.45) is 0.0347. The first-order chi connectivity index (χ1) is 7.13. The number of hydrogen-bond donors (Lipinski definition) is 2. The van der Waals surface area contributed by atoms with E-state index < -0.39 is 5.97 Å². The van der Waals surface area contributed by atoms with E-state index in [4.69, 9.17) is 5.90 Å². The third kappa shape index (κ3) is 3.40. The molecule has 0 aliphatic carbocycles. The van der Waals surface area contributed by atoms with Crippen LogP contribution in [0.2, 0.25) is 0 Å². The van der Waals surface area contributed by atoms with Gasteiger partial charge in [-0.1, -0.05) is 18.2 Å². The van der Waals surface area contributed by atoms with Gasteiger partial charge in [-0.15, -0.1) is 0 Å². The number of carbonyl (C=O) groups excluding carboxylic acids is 2. The lowest BCUT2D eigenvalue weighted by atomic mass is 10.1. The zero-order valence-corrected chi connectivity index (χ0v) is 8.32. The van der Waals surface area contributed by atoms with Crippen LogP contribution in [0.1, 0.15) is 12.5 Å². The van der Waals surface area contributed by atoms with Crippen molar-refractivity contribution in [3.8, 4) is 0 Å². The Bertz CT molecular complexity index is 377. The summed E-state index contributed by atoms with van der Waals surface area (Å²) in [6.45, 7) is 1.40. The number of hydrogen-bond acceptors (Lipinski definition) is 4. The molecule has 1 rings (SSSR count). The SMILES string of the molecule is CC(=O)Nc1ccccc1CC(=O)ON. The van der Waals surface area contributed by atoms with Crippen LogP contribution in [0, 0.1) is 0 Å². The highest BCUT2D eigenvalue weighted by Crippen LogP contribution is 2.15. The second kappa shape index (κ2) is 5.11. The molecule has 0 spiro atoms. The lowest BCUT2D eigenvalue weighted by Crippen LogP contribution is -2.15. The summed E-state index contributed by atoms with van der Waals surface area (Å²) in [5.41, 5.74) is 1.26. The first-order valence-electron chi connectivity index (χ1n) is 4.38. The number of nitrogens with one attached hydrogen (secondary N) is 1. The van der Waals surface area contributed by atoms with Crippen molar-refractivity contribution in [2.75, 3.05) is 5.32 Å². The van der Waals surface area contributed by atoms with Crippen LogP contribution in [0.15, 0.2) is 24.3 Å². The first kappa shape index (κ1) is 11.2. The molecule has 3 N–H and O–H groups in total. The highest BCUT2D eigenvalue weighted by molar-refractivity contribution is 5.90. The van der Waals surface area contributed by atoms with Crippen LogP contribution in [0.3, 0.4) is 0 Å². The van der Waals surface area contributed by atoms with Crippen LogP contribution in [0.5, 0.6) is 0 Å². The van der Waals surface area contributed by atoms with Gasteiger partial charge in [-0.05, 0) is 11.6 Å². The van der Waals surface area contributed by atoms with E-state index in [9.17, 15) is 9.59 Å². The Hall–Kier alpha value is -1.88. The standard InChI is InChI=1S/C10H12N2O3/c1-7(13)12-9-5-3-2-4-8(9)6-10(14)15-11/h2-5H,6,11H2,1H3,(H,12,13). The van der Waals surface area contributed by atoms with Crippen LogP contribution in [-0.2, 0) is 20.8 Å². The lowest BCUT2D eigenvalue weighted by molar-refractivity contribution is -0.143. The van der Waals surface area contributed by atoms with Gasteiger partial charge in [0.25, 0.3) is 0 Å². The van der Waals surface area contributed by atoms with Gasteiger partial charge >= 0.3 is 5.97 Å². The fourth-order valence-electron chi connectivity index (χ4n) is 1.18. The van der Waals surface area contributed by atoms with Crippen molar-refractivity contribution in [3.63, 3.8) is 0 Å². The molecule has 0 aliphatic heterocycles. The molecule has 0 heterocycles.